The quantitative estimate of drug-likeness (QED) is 0.795. The lowest BCUT2D eigenvalue weighted by molar-refractivity contribution is 0.502. The Morgan fingerprint density at radius 2 is 2.00 bits per heavy atom. The molecule has 0 spiro atoms. The molecule has 100 valence electrons. The lowest BCUT2D eigenvalue weighted by atomic mass is 9.97. The van der Waals surface area contributed by atoms with Crippen molar-refractivity contribution in [1.82, 2.24) is 14.8 Å². The van der Waals surface area contributed by atoms with Gasteiger partial charge in [-0.05, 0) is 30.9 Å². The molecule has 0 amide bonds. The van der Waals surface area contributed by atoms with E-state index in [4.69, 9.17) is 11.6 Å². The van der Waals surface area contributed by atoms with Crippen LogP contribution in [0.15, 0.2) is 30.3 Å². The van der Waals surface area contributed by atoms with Gasteiger partial charge in [0, 0.05) is 11.6 Å². The van der Waals surface area contributed by atoms with E-state index in [2.05, 4.69) is 33.8 Å². The fourth-order valence-electron chi connectivity index (χ4n) is 3.04. The van der Waals surface area contributed by atoms with Crippen molar-refractivity contribution >= 4 is 11.6 Å². The summed E-state index contributed by atoms with van der Waals surface area (Å²) in [6.07, 6.45) is 3.76. The van der Waals surface area contributed by atoms with Gasteiger partial charge in [-0.2, -0.15) is 0 Å². The van der Waals surface area contributed by atoms with Crippen LogP contribution in [-0.4, -0.2) is 14.8 Å². The van der Waals surface area contributed by atoms with Crippen LogP contribution in [0.4, 0.5) is 0 Å². The third-order valence-corrected chi connectivity index (χ3v) is 4.32. The van der Waals surface area contributed by atoms with Gasteiger partial charge in [0.2, 0.25) is 0 Å². The minimum atomic E-state index is 0.392. The van der Waals surface area contributed by atoms with Crippen LogP contribution >= 0.6 is 11.6 Å². The number of rotatable bonds is 3. The molecule has 0 radical (unpaired) electrons. The first-order valence-electron chi connectivity index (χ1n) is 6.87. The molecule has 2 atom stereocenters. The van der Waals surface area contributed by atoms with Gasteiger partial charge in [-0.1, -0.05) is 31.5 Å². The average molecular weight is 276 g/mol. The molecule has 0 saturated heterocycles. The van der Waals surface area contributed by atoms with E-state index < -0.39 is 0 Å². The van der Waals surface area contributed by atoms with Crippen LogP contribution < -0.4 is 0 Å². The van der Waals surface area contributed by atoms with Crippen molar-refractivity contribution < 1.29 is 0 Å². The fraction of sp³-hybridized carbons (Fsp3) is 0.467. The molecule has 0 aliphatic heterocycles. The minimum absolute atomic E-state index is 0.392. The highest BCUT2D eigenvalue weighted by Gasteiger charge is 2.30. The number of para-hydroxylation sites is 1. The van der Waals surface area contributed by atoms with Crippen LogP contribution in [0.3, 0.4) is 0 Å². The van der Waals surface area contributed by atoms with Gasteiger partial charge < -0.3 is 0 Å². The second-order valence-corrected chi connectivity index (χ2v) is 5.56. The normalized spacial score (nSPS) is 22.8. The van der Waals surface area contributed by atoms with Crippen molar-refractivity contribution in [2.45, 2.75) is 38.0 Å². The van der Waals surface area contributed by atoms with Crippen molar-refractivity contribution in [1.29, 1.82) is 0 Å². The number of nitrogens with zero attached hydrogens (tertiary/aromatic N) is 3. The number of hydrogen-bond donors (Lipinski definition) is 0. The van der Waals surface area contributed by atoms with Crippen LogP contribution in [0.25, 0.3) is 5.69 Å². The second kappa shape index (κ2) is 5.33. The Bertz CT molecular complexity index is 550. The zero-order valence-electron chi connectivity index (χ0n) is 11.1. The summed E-state index contributed by atoms with van der Waals surface area (Å²) in [6.45, 7) is 2.31. The summed E-state index contributed by atoms with van der Waals surface area (Å²) in [6, 6.07) is 10.3. The van der Waals surface area contributed by atoms with Gasteiger partial charge in [-0.3, -0.25) is 4.57 Å². The standard InChI is InChI=1S/C15H18ClN3/c1-11-6-5-9-13(11)15-18-17-14(10-16)19(15)12-7-3-2-4-8-12/h2-4,7-8,11,13H,5-6,9-10H2,1H3. The van der Waals surface area contributed by atoms with E-state index in [-0.39, 0.29) is 0 Å². The van der Waals surface area contributed by atoms with Crippen LogP contribution in [-0.2, 0) is 5.88 Å². The first-order chi connectivity index (χ1) is 9.31. The van der Waals surface area contributed by atoms with E-state index in [1.165, 1.54) is 19.3 Å². The molecule has 1 aromatic heterocycles. The van der Waals surface area contributed by atoms with Gasteiger partial charge >= 0.3 is 0 Å². The molecule has 4 heteroatoms. The second-order valence-electron chi connectivity index (χ2n) is 5.29. The number of benzene rings is 1. The smallest absolute Gasteiger partial charge is 0.152 e. The Balaban J connectivity index is 2.08. The molecule has 1 aromatic carbocycles. The Morgan fingerprint density at radius 3 is 2.63 bits per heavy atom. The van der Waals surface area contributed by atoms with E-state index in [1.54, 1.807) is 0 Å². The minimum Gasteiger partial charge on any atom is -0.282 e. The van der Waals surface area contributed by atoms with E-state index in [9.17, 15) is 0 Å². The predicted octanol–water partition coefficient (Wildman–Crippen LogP) is 3.91. The molecular weight excluding hydrogens is 258 g/mol. The van der Waals surface area contributed by atoms with Crippen LogP contribution in [0.5, 0.6) is 0 Å². The summed E-state index contributed by atoms with van der Waals surface area (Å²) in [5, 5.41) is 8.70. The summed E-state index contributed by atoms with van der Waals surface area (Å²) in [4.78, 5) is 0. The maximum atomic E-state index is 6.02. The molecule has 0 bridgehead atoms. The van der Waals surface area contributed by atoms with Crippen molar-refractivity contribution in [3.8, 4) is 5.69 Å². The summed E-state index contributed by atoms with van der Waals surface area (Å²) >= 11 is 6.02. The van der Waals surface area contributed by atoms with Crippen molar-refractivity contribution in [3.63, 3.8) is 0 Å². The molecule has 1 fully saturated rings. The van der Waals surface area contributed by atoms with Crippen LogP contribution in [0.1, 0.15) is 43.8 Å². The molecule has 1 aliphatic carbocycles. The zero-order valence-corrected chi connectivity index (χ0v) is 11.8. The highest BCUT2D eigenvalue weighted by atomic mass is 35.5. The molecule has 19 heavy (non-hydrogen) atoms. The van der Waals surface area contributed by atoms with Crippen molar-refractivity contribution in [2.24, 2.45) is 5.92 Å². The van der Waals surface area contributed by atoms with E-state index in [0.29, 0.717) is 17.7 Å². The van der Waals surface area contributed by atoms with Gasteiger partial charge in [-0.25, -0.2) is 0 Å². The molecule has 0 N–H and O–H groups in total. The fourth-order valence-corrected chi connectivity index (χ4v) is 3.22. The number of alkyl halides is 1. The Hall–Kier alpha value is -1.35. The van der Waals surface area contributed by atoms with Gasteiger partial charge in [0.1, 0.15) is 5.82 Å². The molecule has 1 heterocycles. The first kappa shape index (κ1) is 12.7. The van der Waals surface area contributed by atoms with Crippen LogP contribution in [0.2, 0.25) is 0 Å². The predicted molar refractivity (Wildman–Crippen MR) is 76.7 cm³/mol. The third kappa shape index (κ3) is 2.27. The zero-order chi connectivity index (χ0) is 13.2. The topological polar surface area (TPSA) is 30.7 Å². The summed E-state index contributed by atoms with van der Waals surface area (Å²) < 4.78 is 2.14. The highest BCUT2D eigenvalue weighted by Crippen LogP contribution is 2.39. The molecular formula is C15H18ClN3. The van der Waals surface area contributed by atoms with E-state index in [0.717, 1.165) is 17.3 Å². The number of halogens is 1. The highest BCUT2D eigenvalue weighted by molar-refractivity contribution is 6.16. The monoisotopic (exact) mass is 275 g/mol. The number of aromatic nitrogens is 3. The molecule has 3 nitrogen and oxygen atoms in total. The van der Waals surface area contributed by atoms with Gasteiger partial charge in [-0.15, -0.1) is 21.8 Å². The summed E-state index contributed by atoms with van der Waals surface area (Å²) in [5.41, 5.74) is 1.11. The maximum Gasteiger partial charge on any atom is 0.152 e. The van der Waals surface area contributed by atoms with Gasteiger partial charge in [0.05, 0.1) is 5.88 Å². The lowest BCUT2D eigenvalue weighted by Crippen LogP contribution is -2.11. The number of hydrogen-bond acceptors (Lipinski definition) is 2. The molecule has 2 aromatic rings. The van der Waals surface area contributed by atoms with Crippen molar-refractivity contribution in [3.05, 3.63) is 42.0 Å². The average Bonchev–Trinajstić information content (AvgIpc) is 3.05. The lowest BCUT2D eigenvalue weighted by Gasteiger charge is -2.17. The first-order valence-corrected chi connectivity index (χ1v) is 7.40. The Labute approximate surface area is 118 Å². The Kier molecular flexibility index (Phi) is 3.56. The van der Waals surface area contributed by atoms with Crippen molar-refractivity contribution in [2.75, 3.05) is 0 Å². The van der Waals surface area contributed by atoms with Gasteiger partial charge in [0.25, 0.3) is 0 Å². The largest absolute Gasteiger partial charge is 0.282 e. The van der Waals surface area contributed by atoms with Crippen LogP contribution in [0, 0.1) is 5.92 Å². The molecule has 3 rings (SSSR count). The van der Waals surface area contributed by atoms with E-state index in [1.807, 2.05) is 18.2 Å². The molecule has 2 unspecified atom stereocenters. The summed E-state index contributed by atoms with van der Waals surface area (Å²) in [7, 11) is 0. The SMILES string of the molecule is CC1CCCC1c1nnc(CCl)n1-c1ccccc1. The maximum absolute atomic E-state index is 6.02. The molecule has 1 saturated carbocycles. The van der Waals surface area contributed by atoms with Gasteiger partial charge in [0.15, 0.2) is 5.82 Å². The third-order valence-electron chi connectivity index (χ3n) is 4.08. The Morgan fingerprint density at radius 1 is 1.21 bits per heavy atom. The summed E-state index contributed by atoms with van der Waals surface area (Å²) in [5.74, 6) is 3.48. The molecule has 1 aliphatic rings. The van der Waals surface area contributed by atoms with E-state index >= 15 is 0 Å².